The summed E-state index contributed by atoms with van der Waals surface area (Å²) in [4.78, 5) is 2.07. The average molecular weight is 328 g/mol. The molecule has 0 aromatic heterocycles. The Morgan fingerprint density at radius 3 is 2.17 bits per heavy atom. The zero-order valence-electron chi connectivity index (χ0n) is 13.3. The van der Waals surface area contributed by atoms with E-state index >= 15 is 0 Å². The molecule has 0 aliphatic rings. The normalized spacial score (nSPS) is 10.2. The van der Waals surface area contributed by atoms with Crippen LogP contribution in [0.4, 0.5) is 4.39 Å². The Morgan fingerprint density at radius 1 is 1.04 bits per heavy atom. The molecule has 0 atom stereocenters. The van der Waals surface area contributed by atoms with Gasteiger partial charge in [-0.3, -0.25) is 0 Å². The minimum atomic E-state index is -0.230. The lowest BCUT2D eigenvalue weighted by Gasteiger charge is -2.26. The number of benzene rings is 2. The minimum absolute atomic E-state index is 0.230. The third kappa shape index (κ3) is 5.83. The molecular formula is C19H21FN2S. The number of hydrogen-bond donors (Lipinski definition) is 1. The van der Waals surface area contributed by atoms with E-state index < -0.39 is 0 Å². The summed E-state index contributed by atoms with van der Waals surface area (Å²) in [5, 5.41) is 3.89. The van der Waals surface area contributed by atoms with Gasteiger partial charge in [-0.15, -0.1) is 0 Å². The molecule has 2 aromatic carbocycles. The van der Waals surface area contributed by atoms with Crippen LogP contribution < -0.4 is 5.32 Å². The SMILES string of the molecule is C=C(C)CNC(=S)N(Cc1ccccc1)Cc1ccc(F)cc1. The number of rotatable bonds is 6. The number of halogens is 1. The summed E-state index contributed by atoms with van der Waals surface area (Å²) >= 11 is 5.52. The van der Waals surface area contributed by atoms with Crippen molar-refractivity contribution in [1.82, 2.24) is 10.2 Å². The molecule has 0 saturated carbocycles. The highest BCUT2D eigenvalue weighted by Gasteiger charge is 2.11. The van der Waals surface area contributed by atoms with Crippen molar-refractivity contribution < 1.29 is 4.39 Å². The first-order chi connectivity index (χ1) is 11.0. The van der Waals surface area contributed by atoms with E-state index in [1.807, 2.05) is 25.1 Å². The molecule has 0 aliphatic carbocycles. The lowest BCUT2D eigenvalue weighted by molar-refractivity contribution is 0.400. The van der Waals surface area contributed by atoms with Crippen LogP contribution in [0.5, 0.6) is 0 Å². The molecule has 0 heterocycles. The summed E-state index contributed by atoms with van der Waals surface area (Å²) in [6.45, 7) is 7.80. The van der Waals surface area contributed by atoms with Gasteiger partial charge in [0, 0.05) is 19.6 Å². The topological polar surface area (TPSA) is 15.3 Å². The van der Waals surface area contributed by atoms with Crippen LogP contribution in [0.25, 0.3) is 0 Å². The highest BCUT2D eigenvalue weighted by molar-refractivity contribution is 7.80. The summed E-state index contributed by atoms with van der Waals surface area (Å²) in [6.07, 6.45) is 0. The average Bonchev–Trinajstić information content (AvgIpc) is 2.55. The molecule has 0 saturated heterocycles. The van der Waals surface area contributed by atoms with E-state index in [1.165, 1.54) is 17.7 Å². The van der Waals surface area contributed by atoms with Crippen LogP contribution in [0, 0.1) is 5.82 Å². The van der Waals surface area contributed by atoms with E-state index in [9.17, 15) is 4.39 Å². The molecule has 4 heteroatoms. The fourth-order valence-corrected chi connectivity index (χ4v) is 2.35. The van der Waals surface area contributed by atoms with E-state index in [0.29, 0.717) is 24.7 Å². The zero-order chi connectivity index (χ0) is 16.7. The third-order valence-electron chi connectivity index (χ3n) is 3.33. The van der Waals surface area contributed by atoms with Gasteiger partial charge in [0.25, 0.3) is 0 Å². The third-order valence-corrected chi connectivity index (χ3v) is 3.73. The van der Waals surface area contributed by atoms with Crippen molar-refractivity contribution in [1.29, 1.82) is 0 Å². The van der Waals surface area contributed by atoms with Gasteiger partial charge in [0.2, 0.25) is 0 Å². The van der Waals surface area contributed by atoms with Crippen LogP contribution in [0.1, 0.15) is 18.1 Å². The maximum atomic E-state index is 13.1. The summed E-state index contributed by atoms with van der Waals surface area (Å²) in [5.74, 6) is -0.230. The number of thiocarbonyl (C=S) groups is 1. The first-order valence-corrected chi connectivity index (χ1v) is 7.91. The summed E-state index contributed by atoms with van der Waals surface area (Å²) in [7, 11) is 0. The van der Waals surface area contributed by atoms with Crippen LogP contribution in [0.15, 0.2) is 66.7 Å². The summed E-state index contributed by atoms with van der Waals surface area (Å²) < 4.78 is 13.1. The molecule has 2 rings (SSSR count). The molecular weight excluding hydrogens is 307 g/mol. The molecule has 2 aromatic rings. The lowest BCUT2D eigenvalue weighted by atomic mass is 10.2. The lowest BCUT2D eigenvalue weighted by Crippen LogP contribution is -2.39. The van der Waals surface area contributed by atoms with Crippen molar-refractivity contribution in [3.8, 4) is 0 Å². The van der Waals surface area contributed by atoms with Crippen molar-refractivity contribution in [2.75, 3.05) is 6.54 Å². The smallest absolute Gasteiger partial charge is 0.169 e. The molecule has 1 N–H and O–H groups in total. The van der Waals surface area contributed by atoms with E-state index in [-0.39, 0.29) is 5.82 Å². The van der Waals surface area contributed by atoms with Crippen LogP contribution in [0.3, 0.4) is 0 Å². The van der Waals surface area contributed by atoms with Crippen LogP contribution in [0.2, 0.25) is 0 Å². The Balaban J connectivity index is 2.11. The van der Waals surface area contributed by atoms with E-state index in [1.54, 1.807) is 12.1 Å². The van der Waals surface area contributed by atoms with Crippen LogP contribution in [-0.2, 0) is 13.1 Å². The maximum Gasteiger partial charge on any atom is 0.169 e. The van der Waals surface area contributed by atoms with Gasteiger partial charge in [-0.2, -0.15) is 0 Å². The summed E-state index contributed by atoms with van der Waals surface area (Å²) in [6, 6.07) is 16.7. The van der Waals surface area contributed by atoms with Gasteiger partial charge < -0.3 is 10.2 Å². The molecule has 23 heavy (non-hydrogen) atoms. The standard InChI is InChI=1S/C19H21FN2S/c1-15(2)12-21-19(23)22(13-16-6-4-3-5-7-16)14-17-8-10-18(20)11-9-17/h3-11H,1,12-14H2,2H3,(H,21,23). The van der Waals surface area contributed by atoms with Crippen molar-refractivity contribution in [2.45, 2.75) is 20.0 Å². The fraction of sp³-hybridized carbons (Fsp3) is 0.211. The highest BCUT2D eigenvalue weighted by Crippen LogP contribution is 2.11. The molecule has 0 unspecified atom stereocenters. The number of nitrogens with one attached hydrogen (secondary N) is 1. The van der Waals surface area contributed by atoms with Crippen molar-refractivity contribution in [3.05, 3.63) is 83.7 Å². The summed E-state index contributed by atoms with van der Waals surface area (Å²) in [5.41, 5.74) is 3.21. The van der Waals surface area contributed by atoms with Gasteiger partial charge >= 0.3 is 0 Å². The van der Waals surface area contributed by atoms with Crippen molar-refractivity contribution in [3.63, 3.8) is 0 Å². The molecule has 0 spiro atoms. The first-order valence-electron chi connectivity index (χ1n) is 7.50. The van der Waals surface area contributed by atoms with Gasteiger partial charge in [-0.1, -0.05) is 54.6 Å². The number of hydrogen-bond acceptors (Lipinski definition) is 1. The predicted molar refractivity (Wildman–Crippen MR) is 97.5 cm³/mol. The quantitative estimate of drug-likeness (QED) is 0.629. The van der Waals surface area contributed by atoms with E-state index in [2.05, 4.69) is 28.9 Å². The molecule has 2 nitrogen and oxygen atoms in total. The van der Waals surface area contributed by atoms with Gasteiger partial charge in [-0.25, -0.2) is 4.39 Å². The van der Waals surface area contributed by atoms with Crippen molar-refractivity contribution >= 4 is 17.3 Å². The van der Waals surface area contributed by atoms with Crippen molar-refractivity contribution in [2.24, 2.45) is 0 Å². The number of nitrogens with zero attached hydrogens (tertiary/aromatic N) is 1. The van der Waals surface area contributed by atoms with Crippen LogP contribution in [-0.4, -0.2) is 16.6 Å². The molecule has 0 amide bonds. The van der Waals surface area contributed by atoms with Gasteiger partial charge in [0.15, 0.2) is 5.11 Å². The van der Waals surface area contributed by atoms with E-state index in [4.69, 9.17) is 12.2 Å². The molecule has 0 bridgehead atoms. The fourth-order valence-electron chi connectivity index (χ4n) is 2.15. The maximum absolute atomic E-state index is 13.1. The Bertz CT molecular complexity index is 653. The molecule has 120 valence electrons. The first kappa shape index (κ1) is 17.2. The largest absolute Gasteiger partial charge is 0.359 e. The van der Waals surface area contributed by atoms with Gasteiger partial charge in [-0.05, 0) is 42.4 Å². The molecule has 0 aliphatic heterocycles. The van der Waals surface area contributed by atoms with Crippen LogP contribution >= 0.6 is 12.2 Å². The Hall–Kier alpha value is -2.20. The highest BCUT2D eigenvalue weighted by atomic mass is 32.1. The zero-order valence-corrected chi connectivity index (χ0v) is 14.1. The predicted octanol–water partition coefficient (Wildman–Crippen LogP) is 4.28. The van der Waals surface area contributed by atoms with E-state index in [0.717, 1.165) is 11.1 Å². The molecule has 0 radical (unpaired) electrons. The second kappa shape index (κ2) is 8.44. The van der Waals surface area contributed by atoms with Gasteiger partial charge in [0.1, 0.15) is 5.82 Å². The minimum Gasteiger partial charge on any atom is -0.359 e. The second-order valence-corrected chi connectivity index (χ2v) is 5.97. The Morgan fingerprint density at radius 2 is 1.61 bits per heavy atom. The Labute approximate surface area is 142 Å². The molecule has 0 fully saturated rings. The van der Waals surface area contributed by atoms with Gasteiger partial charge in [0.05, 0.1) is 0 Å². The monoisotopic (exact) mass is 328 g/mol. The Kier molecular flexibility index (Phi) is 6.29. The second-order valence-electron chi connectivity index (χ2n) is 5.58.